The van der Waals surface area contributed by atoms with Gasteiger partial charge in [-0.25, -0.2) is 5.43 Å². The Morgan fingerprint density at radius 3 is 2.29 bits per heavy atom. The molecule has 0 radical (unpaired) electrons. The highest BCUT2D eigenvalue weighted by Crippen LogP contribution is 2.21. The van der Waals surface area contributed by atoms with Gasteiger partial charge in [-0.15, -0.1) is 0 Å². The number of hydrogen-bond acceptors (Lipinski definition) is 3. The summed E-state index contributed by atoms with van der Waals surface area (Å²) < 4.78 is 1.21. The summed E-state index contributed by atoms with van der Waals surface area (Å²) in [7, 11) is 0. The zero-order valence-electron chi connectivity index (χ0n) is 9.52. The van der Waals surface area contributed by atoms with Crippen LogP contribution in [0.3, 0.4) is 0 Å². The summed E-state index contributed by atoms with van der Waals surface area (Å²) in [6.07, 6.45) is 1.86. The van der Waals surface area contributed by atoms with E-state index in [1.807, 2.05) is 25.3 Å². The zero-order chi connectivity index (χ0) is 12.3. The highest BCUT2D eigenvalue weighted by Gasteiger charge is 2.12. The van der Waals surface area contributed by atoms with Crippen molar-refractivity contribution in [3.63, 3.8) is 0 Å². The first kappa shape index (κ1) is 12.5. The van der Waals surface area contributed by atoms with Crippen LogP contribution >= 0.6 is 22.6 Å². The van der Waals surface area contributed by atoms with Crippen molar-refractivity contribution in [2.45, 2.75) is 13.0 Å². The molecule has 0 aliphatic heterocycles. The Kier molecular flexibility index (Phi) is 4.09. The van der Waals surface area contributed by atoms with E-state index in [9.17, 15) is 0 Å². The van der Waals surface area contributed by atoms with Gasteiger partial charge in [0.2, 0.25) is 0 Å². The van der Waals surface area contributed by atoms with Crippen LogP contribution in [-0.4, -0.2) is 4.98 Å². The van der Waals surface area contributed by atoms with E-state index in [2.05, 4.69) is 57.3 Å². The molecule has 17 heavy (non-hydrogen) atoms. The van der Waals surface area contributed by atoms with Gasteiger partial charge in [0.05, 0.1) is 6.04 Å². The topological polar surface area (TPSA) is 50.9 Å². The van der Waals surface area contributed by atoms with Crippen LogP contribution < -0.4 is 11.3 Å². The predicted octanol–water partition coefficient (Wildman–Crippen LogP) is 2.55. The van der Waals surface area contributed by atoms with Crippen LogP contribution in [0.5, 0.6) is 0 Å². The van der Waals surface area contributed by atoms with Crippen molar-refractivity contribution in [3.8, 4) is 0 Å². The molecule has 0 bridgehead atoms. The van der Waals surface area contributed by atoms with E-state index < -0.39 is 0 Å². The first-order valence-electron chi connectivity index (χ1n) is 5.35. The molecule has 88 valence electrons. The Bertz CT molecular complexity index is 434. The minimum Gasteiger partial charge on any atom is -0.271 e. The van der Waals surface area contributed by atoms with Gasteiger partial charge in [-0.2, -0.15) is 0 Å². The number of rotatable bonds is 3. The molecule has 0 fully saturated rings. The molecule has 1 aromatic heterocycles. The van der Waals surface area contributed by atoms with E-state index in [4.69, 9.17) is 5.84 Å². The molecule has 0 saturated carbocycles. The zero-order valence-corrected chi connectivity index (χ0v) is 11.7. The monoisotopic (exact) mass is 339 g/mol. The number of pyridine rings is 1. The second kappa shape index (κ2) is 5.57. The minimum atomic E-state index is -0.0138. The van der Waals surface area contributed by atoms with Crippen LogP contribution in [0.15, 0.2) is 42.6 Å². The third kappa shape index (κ3) is 3.02. The van der Waals surface area contributed by atoms with Crippen molar-refractivity contribution in [3.05, 3.63) is 63.0 Å². The van der Waals surface area contributed by atoms with Crippen LogP contribution in [0.25, 0.3) is 0 Å². The molecular weight excluding hydrogens is 325 g/mol. The Morgan fingerprint density at radius 2 is 1.76 bits per heavy atom. The summed E-state index contributed by atoms with van der Waals surface area (Å²) in [4.78, 5) is 4.29. The molecule has 3 nitrogen and oxygen atoms in total. The van der Waals surface area contributed by atoms with E-state index in [0.717, 1.165) is 16.8 Å². The second-order valence-corrected chi connectivity index (χ2v) is 5.13. The van der Waals surface area contributed by atoms with E-state index in [0.29, 0.717) is 0 Å². The number of halogens is 1. The van der Waals surface area contributed by atoms with Crippen LogP contribution in [0.1, 0.15) is 22.9 Å². The van der Waals surface area contributed by atoms with Crippen molar-refractivity contribution in [2.75, 3.05) is 0 Å². The summed E-state index contributed by atoms with van der Waals surface area (Å²) in [5, 5.41) is 0. The molecule has 1 aromatic carbocycles. The predicted molar refractivity (Wildman–Crippen MR) is 77.3 cm³/mol. The highest BCUT2D eigenvalue weighted by atomic mass is 127. The SMILES string of the molecule is Cc1ccc(C(NN)c2ccc(I)cc2)cn1. The van der Waals surface area contributed by atoms with E-state index in [1.54, 1.807) is 0 Å². The van der Waals surface area contributed by atoms with E-state index in [1.165, 1.54) is 3.57 Å². The Balaban J connectivity index is 2.33. The first-order chi connectivity index (χ1) is 8.20. The number of aryl methyl sites for hydroxylation is 1. The molecular formula is C13H14IN3. The lowest BCUT2D eigenvalue weighted by atomic mass is 10.0. The number of hydrazine groups is 1. The van der Waals surface area contributed by atoms with Gasteiger partial charge in [-0.05, 0) is 58.8 Å². The molecule has 2 rings (SSSR count). The Hall–Kier alpha value is -0.980. The lowest BCUT2D eigenvalue weighted by Gasteiger charge is -2.16. The molecule has 1 atom stereocenters. The smallest absolute Gasteiger partial charge is 0.0725 e. The van der Waals surface area contributed by atoms with Gasteiger partial charge in [-0.3, -0.25) is 10.8 Å². The maximum Gasteiger partial charge on any atom is 0.0725 e. The fourth-order valence-corrected chi connectivity index (χ4v) is 2.05. The van der Waals surface area contributed by atoms with Gasteiger partial charge in [0.1, 0.15) is 0 Å². The minimum absolute atomic E-state index is 0.0138. The summed E-state index contributed by atoms with van der Waals surface area (Å²) in [5.41, 5.74) is 6.04. The molecule has 0 amide bonds. The summed E-state index contributed by atoms with van der Waals surface area (Å²) >= 11 is 2.29. The number of nitrogens with zero attached hydrogens (tertiary/aromatic N) is 1. The standard InChI is InChI=1S/C13H14IN3/c1-9-2-3-11(8-16-9)13(17-15)10-4-6-12(14)7-5-10/h2-8,13,17H,15H2,1H3. The highest BCUT2D eigenvalue weighted by molar-refractivity contribution is 14.1. The van der Waals surface area contributed by atoms with Crippen LogP contribution in [0, 0.1) is 10.5 Å². The van der Waals surface area contributed by atoms with E-state index >= 15 is 0 Å². The van der Waals surface area contributed by atoms with Crippen LogP contribution in [0.2, 0.25) is 0 Å². The summed E-state index contributed by atoms with van der Waals surface area (Å²) in [6, 6.07) is 12.3. The average molecular weight is 339 g/mol. The number of hydrogen-bond donors (Lipinski definition) is 2. The van der Waals surface area contributed by atoms with Gasteiger partial charge >= 0.3 is 0 Å². The van der Waals surface area contributed by atoms with Gasteiger partial charge in [-0.1, -0.05) is 18.2 Å². The average Bonchev–Trinajstić information content (AvgIpc) is 2.35. The summed E-state index contributed by atoms with van der Waals surface area (Å²) in [6.45, 7) is 1.97. The molecule has 0 spiro atoms. The number of aromatic nitrogens is 1. The maximum atomic E-state index is 5.63. The fraction of sp³-hybridized carbons (Fsp3) is 0.154. The van der Waals surface area contributed by atoms with Crippen molar-refractivity contribution in [1.29, 1.82) is 0 Å². The van der Waals surface area contributed by atoms with Gasteiger partial charge in [0.25, 0.3) is 0 Å². The third-order valence-corrected chi connectivity index (χ3v) is 3.36. The van der Waals surface area contributed by atoms with Crippen molar-refractivity contribution in [2.24, 2.45) is 5.84 Å². The fourth-order valence-electron chi connectivity index (χ4n) is 1.69. The van der Waals surface area contributed by atoms with Crippen molar-refractivity contribution >= 4 is 22.6 Å². The molecule has 4 heteroatoms. The Morgan fingerprint density at radius 1 is 1.12 bits per heavy atom. The normalized spacial score (nSPS) is 12.4. The molecule has 0 saturated heterocycles. The lowest BCUT2D eigenvalue weighted by Crippen LogP contribution is -2.28. The lowest BCUT2D eigenvalue weighted by molar-refractivity contribution is 0.634. The molecule has 2 aromatic rings. The van der Waals surface area contributed by atoms with Crippen LogP contribution in [0.4, 0.5) is 0 Å². The Labute approximate surface area is 115 Å². The molecule has 0 aliphatic rings. The number of nitrogens with one attached hydrogen (secondary N) is 1. The first-order valence-corrected chi connectivity index (χ1v) is 6.42. The quantitative estimate of drug-likeness (QED) is 0.513. The second-order valence-electron chi connectivity index (χ2n) is 3.88. The van der Waals surface area contributed by atoms with Gasteiger partial charge in [0, 0.05) is 15.5 Å². The summed E-state index contributed by atoms with van der Waals surface area (Å²) in [5.74, 6) is 5.63. The number of benzene rings is 1. The maximum absolute atomic E-state index is 5.63. The van der Waals surface area contributed by atoms with Crippen LogP contribution in [-0.2, 0) is 0 Å². The van der Waals surface area contributed by atoms with Crippen molar-refractivity contribution in [1.82, 2.24) is 10.4 Å². The largest absolute Gasteiger partial charge is 0.271 e. The molecule has 1 unspecified atom stereocenters. The van der Waals surface area contributed by atoms with Gasteiger partial charge in [0.15, 0.2) is 0 Å². The van der Waals surface area contributed by atoms with Crippen molar-refractivity contribution < 1.29 is 0 Å². The molecule has 3 N–H and O–H groups in total. The number of nitrogens with two attached hydrogens (primary N) is 1. The third-order valence-electron chi connectivity index (χ3n) is 2.64. The molecule has 0 aliphatic carbocycles. The molecule has 1 heterocycles. The van der Waals surface area contributed by atoms with E-state index in [-0.39, 0.29) is 6.04 Å². The van der Waals surface area contributed by atoms with Gasteiger partial charge < -0.3 is 0 Å².